The molecular formula is C10H14BrNS. The van der Waals surface area contributed by atoms with Crippen molar-refractivity contribution >= 4 is 27.3 Å². The van der Waals surface area contributed by atoms with Crippen LogP contribution < -0.4 is 5.32 Å². The summed E-state index contributed by atoms with van der Waals surface area (Å²) < 4.78 is 1.27. The van der Waals surface area contributed by atoms with Crippen LogP contribution in [0.5, 0.6) is 0 Å². The quantitative estimate of drug-likeness (QED) is 0.858. The first-order valence-electron chi connectivity index (χ1n) is 4.77. The molecule has 0 aliphatic carbocycles. The van der Waals surface area contributed by atoms with Gasteiger partial charge in [0.25, 0.3) is 0 Å². The Labute approximate surface area is 91.7 Å². The van der Waals surface area contributed by atoms with Gasteiger partial charge in [0.2, 0.25) is 0 Å². The van der Waals surface area contributed by atoms with Crippen LogP contribution in [0.25, 0.3) is 0 Å². The molecule has 1 aromatic rings. The molecule has 0 radical (unpaired) electrons. The lowest BCUT2D eigenvalue weighted by Crippen LogP contribution is -2.35. The summed E-state index contributed by atoms with van der Waals surface area (Å²) in [5, 5.41) is 5.81. The SMILES string of the molecule is CCC1(c2sccc2Br)CCCN1. The molecule has 1 aromatic heterocycles. The fourth-order valence-electron chi connectivity index (χ4n) is 2.10. The number of nitrogens with one attached hydrogen (secondary N) is 1. The summed E-state index contributed by atoms with van der Waals surface area (Å²) in [7, 11) is 0. The average Bonchev–Trinajstić information content (AvgIpc) is 2.73. The van der Waals surface area contributed by atoms with Crippen LogP contribution in [0.15, 0.2) is 15.9 Å². The second-order valence-electron chi connectivity index (χ2n) is 3.56. The smallest absolute Gasteiger partial charge is 0.0537 e. The van der Waals surface area contributed by atoms with Crippen LogP contribution in [-0.2, 0) is 5.54 Å². The van der Waals surface area contributed by atoms with E-state index in [-0.39, 0.29) is 5.54 Å². The summed E-state index contributed by atoms with van der Waals surface area (Å²) in [4.78, 5) is 1.48. The van der Waals surface area contributed by atoms with Crippen molar-refractivity contribution in [2.45, 2.75) is 31.7 Å². The molecule has 0 bridgehead atoms. The van der Waals surface area contributed by atoms with Crippen molar-refractivity contribution in [3.05, 3.63) is 20.8 Å². The molecule has 1 fully saturated rings. The second-order valence-corrected chi connectivity index (χ2v) is 5.33. The van der Waals surface area contributed by atoms with Gasteiger partial charge in [0.1, 0.15) is 0 Å². The van der Waals surface area contributed by atoms with Crippen LogP contribution in [0.4, 0.5) is 0 Å². The Kier molecular flexibility index (Phi) is 2.77. The van der Waals surface area contributed by atoms with Crippen LogP contribution >= 0.6 is 27.3 Å². The van der Waals surface area contributed by atoms with Crippen LogP contribution in [0.2, 0.25) is 0 Å². The van der Waals surface area contributed by atoms with Crippen LogP contribution in [-0.4, -0.2) is 6.54 Å². The van der Waals surface area contributed by atoms with Gasteiger partial charge in [-0.05, 0) is 53.2 Å². The van der Waals surface area contributed by atoms with Crippen molar-refractivity contribution in [2.75, 3.05) is 6.54 Å². The van der Waals surface area contributed by atoms with Gasteiger partial charge >= 0.3 is 0 Å². The fourth-order valence-corrected chi connectivity index (χ4v) is 4.13. The molecule has 0 amide bonds. The predicted molar refractivity (Wildman–Crippen MR) is 61.2 cm³/mol. The van der Waals surface area contributed by atoms with Gasteiger partial charge in [-0.15, -0.1) is 11.3 Å². The summed E-state index contributed by atoms with van der Waals surface area (Å²) in [6.07, 6.45) is 3.77. The third-order valence-electron chi connectivity index (χ3n) is 2.90. The van der Waals surface area contributed by atoms with E-state index in [1.54, 1.807) is 0 Å². The molecule has 0 spiro atoms. The maximum atomic E-state index is 3.64. The zero-order valence-corrected chi connectivity index (χ0v) is 10.2. The molecule has 3 heteroatoms. The van der Waals surface area contributed by atoms with Gasteiger partial charge in [-0.3, -0.25) is 0 Å². The van der Waals surface area contributed by atoms with Crippen molar-refractivity contribution in [2.24, 2.45) is 0 Å². The molecule has 0 aromatic carbocycles. The normalized spacial score (nSPS) is 28.2. The highest BCUT2D eigenvalue weighted by molar-refractivity contribution is 9.10. The second kappa shape index (κ2) is 3.71. The number of halogens is 1. The summed E-state index contributed by atoms with van der Waals surface area (Å²) in [6, 6.07) is 2.15. The number of hydrogen-bond acceptors (Lipinski definition) is 2. The fraction of sp³-hybridized carbons (Fsp3) is 0.600. The van der Waals surface area contributed by atoms with E-state index in [4.69, 9.17) is 0 Å². The Balaban J connectivity index is 2.36. The molecule has 0 saturated carbocycles. The van der Waals surface area contributed by atoms with Gasteiger partial charge in [-0.25, -0.2) is 0 Å². The maximum absolute atomic E-state index is 3.64. The molecule has 2 heterocycles. The minimum Gasteiger partial charge on any atom is -0.307 e. The lowest BCUT2D eigenvalue weighted by atomic mass is 9.92. The van der Waals surface area contributed by atoms with Crippen LogP contribution in [0.3, 0.4) is 0 Å². The third-order valence-corrected chi connectivity index (χ3v) is 4.94. The largest absolute Gasteiger partial charge is 0.307 e. The van der Waals surface area contributed by atoms with E-state index in [1.165, 1.54) is 28.6 Å². The van der Waals surface area contributed by atoms with Crippen molar-refractivity contribution in [1.82, 2.24) is 5.32 Å². The highest BCUT2D eigenvalue weighted by Crippen LogP contribution is 2.40. The number of hydrogen-bond donors (Lipinski definition) is 1. The van der Waals surface area contributed by atoms with Crippen molar-refractivity contribution < 1.29 is 0 Å². The molecule has 1 nitrogen and oxygen atoms in total. The molecule has 1 aliphatic rings. The van der Waals surface area contributed by atoms with Crippen molar-refractivity contribution in [1.29, 1.82) is 0 Å². The molecular weight excluding hydrogens is 246 g/mol. The summed E-state index contributed by atoms with van der Waals surface area (Å²) in [5.41, 5.74) is 0.271. The average molecular weight is 260 g/mol. The number of thiophene rings is 1. The topological polar surface area (TPSA) is 12.0 Å². The van der Waals surface area contributed by atoms with E-state index in [1.807, 2.05) is 11.3 Å². The predicted octanol–water partition coefficient (Wildman–Crippen LogP) is 3.50. The lowest BCUT2D eigenvalue weighted by Gasteiger charge is -2.27. The summed E-state index contributed by atoms with van der Waals surface area (Å²) >= 11 is 5.48. The van der Waals surface area contributed by atoms with Gasteiger partial charge in [0.05, 0.1) is 5.54 Å². The molecule has 1 N–H and O–H groups in total. The van der Waals surface area contributed by atoms with Crippen molar-refractivity contribution in [3.63, 3.8) is 0 Å². The first-order valence-corrected chi connectivity index (χ1v) is 6.44. The molecule has 13 heavy (non-hydrogen) atoms. The zero-order chi connectivity index (χ0) is 9.31. The first-order chi connectivity index (χ1) is 6.28. The lowest BCUT2D eigenvalue weighted by molar-refractivity contribution is 0.382. The van der Waals surface area contributed by atoms with Gasteiger partial charge in [-0.1, -0.05) is 6.92 Å². The molecule has 1 atom stereocenters. The Hall–Kier alpha value is 0.140. The maximum Gasteiger partial charge on any atom is 0.0537 e. The molecule has 1 saturated heterocycles. The minimum atomic E-state index is 0.271. The summed E-state index contributed by atoms with van der Waals surface area (Å²) in [5.74, 6) is 0. The van der Waals surface area contributed by atoms with Gasteiger partial charge < -0.3 is 5.32 Å². The highest BCUT2D eigenvalue weighted by Gasteiger charge is 2.35. The summed E-state index contributed by atoms with van der Waals surface area (Å²) in [6.45, 7) is 3.43. The Bertz CT molecular complexity index is 289. The molecule has 1 aliphatic heterocycles. The third kappa shape index (κ3) is 1.58. The van der Waals surface area contributed by atoms with Gasteiger partial charge in [0.15, 0.2) is 0 Å². The van der Waals surface area contributed by atoms with E-state index in [0.29, 0.717) is 0 Å². The Morgan fingerprint density at radius 3 is 3.00 bits per heavy atom. The Morgan fingerprint density at radius 1 is 1.69 bits per heavy atom. The molecule has 2 rings (SSSR count). The highest BCUT2D eigenvalue weighted by atomic mass is 79.9. The standard InChI is InChI=1S/C10H14BrNS/c1-2-10(5-3-6-12-10)9-8(11)4-7-13-9/h4,7,12H,2-3,5-6H2,1H3. The van der Waals surface area contributed by atoms with E-state index in [0.717, 1.165) is 6.54 Å². The number of rotatable bonds is 2. The Morgan fingerprint density at radius 2 is 2.54 bits per heavy atom. The van der Waals surface area contributed by atoms with E-state index in [2.05, 4.69) is 39.6 Å². The molecule has 72 valence electrons. The van der Waals surface area contributed by atoms with Crippen LogP contribution in [0, 0.1) is 0 Å². The van der Waals surface area contributed by atoms with Gasteiger partial charge in [0, 0.05) is 9.35 Å². The zero-order valence-electron chi connectivity index (χ0n) is 7.77. The van der Waals surface area contributed by atoms with E-state index in [9.17, 15) is 0 Å². The van der Waals surface area contributed by atoms with Crippen molar-refractivity contribution in [3.8, 4) is 0 Å². The van der Waals surface area contributed by atoms with Crippen LogP contribution in [0.1, 0.15) is 31.1 Å². The monoisotopic (exact) mass is 259 g/mol. The molecule has 1 unspecified atom stereocenters. The minimum absolute atomic E-state index is 0.271. The first kappa shape index (κ1) is 9.69. The van der Waals surface area contributed by atoms with E-state index < -0.39 is 0 Å². The van der Waals surface area contributed by atoms with Gasteiger partial charge in [-0.2, -0.15) is 0 Å². The van der Waals surface area contributed by atoms with E-state index >= 15 is 0 Å².